The molecular weight excluding hydrogens is 274 g/mol. The fourth-order valence-corrected chi connectivity index (χ4v) is 1.04. The van der Waals surface area contributed by atoms with Crippen molar-refractivity contribution in [2.45, 2.75) is 31.1 Å². The van der Waals surface area contributed by atoms with E-state index < -0.39 is 43.4 Å². The number of hydrogen-bond acceptors (Lipinski definition) is 9. The quantitative estimate of drug-likeness (QED) is 0.263. The highest BCUT2D eigenvalue weighted by Crippen LogP contribution is 2.00. The zero-order valence-electron chi connectivity index (χ0n) is 11.0. The van der Waals surface area contributed by atoms with Gasteiger partial charge in [-0.2, -0.15) is 0 Å². The van der Waals surface area contributed by atoms with E-state index in [1.165, 1.54) is 0 Å². The Balaban J connectivity index is 3.82. The molecule has 9 heteroatoms. The molecule has 0 saturated heterocycles. The maximum absolute atomic E-state index is 11.3. The molecule has 0 aliphatic rings. The van der Waals surface area contributed by atoms with Gasteiger partial charge in [-0.25, -0.2) is 0 Å². The van der Waals surface area contributed by atoms with Gasteiger partial charge in [-0.1, -0.05) is 0 Å². The van der Waals surface area contributed by atoms with Crippen LogP contribution in [0.3, 0.4) is 0 Å². The molecule has 0 heterocycles. The summed E-state index contributed by atoms with van der Waals surface area (Å²) in [6.45, 7) is -1.78. The van der Waals surface area contributed by atoms with Gasteiger partial charge in [-0.15, -0.1) is 0 Å². The second kappa shape index (κ2) is 10.5. The van der Waals surface area contributed by atoms with Crippen molar-refractivity contribution < 1.29 is 39.5 Å². The van der Waals surface area contributed by atoms with E-state index in [9.17, 15) is 9.59 Å². The summed E-state index contributed by atoms with van der Waals surface area (Å²) in [5, 5.41) is 34.9. The number of nitrogens with two attached hydrogens (primary N) is 1. The van der Waals surface area contributed by atoms with Crippen molar-refractivity contribution in [2.75, 3.05) is 26.4 Å². The largest absolute Gasteiger partial charge is 0.463 e. The molecule has 0 spiro atoms. The second-order valence-corrected chi connectivity index (χ2v) is 4.13. The molecule has 0 saturated carbocycles. The lowest BCUT2D eigenvalue weighted by Gasteiger charge is -2.13. The zero-order valence-corrected chi connectivity index (χ0v) is 11.0. The molecule has 0 amide bonds. The normalized spacial score (nSPS) is 15.2. The molecule has 0 radical (unpaired) electrons. The Morgan fingerprint density at radius 1 is 1.00 bits per heavy atom. The number of aliphatic hydroxyl groups excluding tert-OH is 4. The molecule has 0 rings (SSSR count). The molecule has 118 valence electrons. The molecule has 0 aromatic carbocycles. The van der Waals surface area contributed by atoms with Crippen LogP contribution in [0, 0.1) is 0 Å². The topological polar surface area (TPSA) is 160 Å². The summed E-state index contributed by atoms with van der Waals surface area (Å²) >= 11 is 0. The third-order valence-corrected chi connectivity index (χ3v) is 2.24. The lowest BCUT2D eigenvalue weighted by atomic mass is 10.2. The van der Waals surface area contributed by atoms with Gasteiger partial charge in [0.25, 0.3) is 0 Å². The lowest BCUT2D eigenvalue weighted by Crippen LogP contribution is -2.35. The molecule has 20 heavy (non-hydrogen) atoms. The average molecular weight is 295 g/mol. The van der Waals surface area contributed by atoms with Crippen LogP contribution in [0.25, 0.3) is 0 Å². The van der Waals surface area contributed by atoms with E-state index in [0.29, 0.717) is 0 Å². The lowest BCUT2D eigenvalue weighted by molar-refractivity contribution is -0.150. The number of hydrogen-bond donors (Lipinski definition) is 5. The molecule has 0 bridgehead atoms. The first-order chi connectivity index (χ1) is 9.40. The number of rotatable bonds is 10. The molecular formula is C11H21NO8. The average Bonchev–Trinajstić information content (AvgIpc) is 2.46. The van der Waals surface area contributed by atoms with Crippen LogP contribution in [0.1, 0.15) is 12.8 Å². The predicted octanol–water partition coefficient (Wildman–Crippen LogP) is -3.11. The number of carbonyl (C=O) groups is 2. The van der Waals surface area contributed by atoms with Crippen molar-refractivity contribution in [3.8, 4) is 0 Å². The molecule has 0 aromatic rings. The highest BCUT2D eigenvalue weighted by Gasteiger charge is 2.18. The van der Waals surface area contributed by atoms with Crippen molar-refractivity contribution in [1.82, 2.24) is 0 Å². The first-order valence-electron chi connectivity index (χ1n) is 6.06. The first kappa shape index (κ1) is 18.7. The van der Waals surface area contributed by atoms with Gasteiger partial charge in [0.15, 0.2) is 0 Å². The third-order valence-electron chi connectivity index (χ3n) is 2.24. The Morgan fingerprint density at radius 3 is 2.00 bits per heavy atom. The van der Waals surface area contributed by atoms with Crippen molar-refractivity contribution in [3.05, 3.63) is 0 Å². The van der Waals surface area contributed by atoms with Crippen molar-refractivity contribution in [1.29, 1.82) is 0 Å². The summed E-state index contributed by atoms with van der Waals surface area (Å²) in [4.78, 5) is 22.5. The minimum atomic E-state index is -1.17. The molecule has 3 atom stereocenters. The summed E-state index contributed by atoms with van der Waals surface area (Å²) in [6.07, 6.45) is -2.49. The van der Waals surface area contributed by atoms with Crippen LogP contribution in [0.2, 0.25) is 0 Å². The Labute approximate surface area is 115 Å². The number of carbonyl (C=O) groups excluding carboxylic acids is 2. The maximum Gasteiger partial charge on any atom is 0.323 e. The monoisotopic (exact) mass is 295 g/mol. The molecule has 9 nitrogen and oxygen atoms in total. The van der Waals surface area contributed by atoms with E-state index in [4.69, 9.17) is 26.2 Å². The highest BCUT2D eigenvalue weighted by atomic mass is 16.5. The Kier molecular flexibility index (Phi) is 9.86. The molecule has 0 aliphatic carbocycles. The van der Waals surface area contributed by atoms with Gasteiger partial charge < -0.3 is 35.6 Å². The molecule has 2 unspecified atom stereocenters. The summed E-state index contributed by atoms with van der Waals surface area (Å²) in [6, 6.07) is -1.06. The summed E-state index contributed by atoms with van der Waals surface area (Å²) < 4.78 is 9.22. The molecule has 0 fully saturated rings. The van der Waals surface area contributed by atoms with Gasteiger partial charge in [0.1, 0.15) is 31.5 Å². The fraction of sp³-hybridized carbons (Fsp3) is 0.818. The third kappa shape index (κ3) is 8.77. The van der Waals surface area contributed by atoms with Crippen molar-refractivity contribution in [3.63, 3.8) is 0 Å². The van der Waals surface area contributed by atoms with Crippen LogP contribution in [0.15, 0.2) is 0 Å². The van der Waals surface area contributed by atoms with Gasteiger partial charge in [0.05, 0.1) is 13.2 Å². The summed E-state index contributed by atoms with van der Waals surface area (Å²) in [7, 11) is 0. The number of ether oxygens (including phenoxy) is 2. The highest BCUT2D eigenvalue weighted by molar-refractivity contribution is 5.77. The summed E-state index contributed by atoms with van der Waals surface area (Å²) in [5.74, 6) is -1.48. The maximum atomic E-state index is 11.3. The SMILES string of the molecule is N[C@@H](CCC(=O)OCC(O)CO)C(=O)OCC(O)CO. The van der Waals surface area contributed by atoms with Crippen LogP contribution in [-0.2, 0) is 19.1 Å². The van der Waals surface area contributed by atoms with E-state index in [2.05, 4.69) is 9.47 Å². The van der Waals surface area contributed by atoms with Crippen LogP contribution in [0.4, 0.5) is 0 Å². The van der Waals surface area contributed by atoms with Gasteiger partial charge in [0, 0.05) is 6.42 Å². The van der Waals surface area contributed by atoms with E-state index >= 15 is 0 Å². The Hall–Kier alpha value is -1.26. The molecule has 6 N–H and O–H groups in total. The van der Waals surface area contributed by atoms with E-state index in [1.54, 1.807) is 0 Å². The van der Waals surface area contributed by atoms with Crippen molar-refractivity contribution in [2.24, 2.45) is 5.73 Å². The minimum absolute atomic E-state index is 0.0257. The standard InChI is InChI=1S/C11H21NO8/c12-9(11(18)20-6-8(16)4-14)1-2-10(17)19-5-7(15)3-13/h7-9,13-16H,1-6,12H2/t7?,8?,9-/m0/s1. The van der Waals surface area contributed by atoms with Gasteiger partial charge >= 0.3 is 11.9 Å². The van der Waals surface area contributed by atoms with E-state index in [1.807, 2.05) is 0 Å². The van der Waals surface area contributed by atoms with E-state index in [-0.39, 0.29) is 26.1 Å². The fourth-order valence-electron chi connectivity index (χ4n) is 1.04. The predicted molar refractivity (Wildman–Crippen MR) is 65.3 cm³/mol. The Morgan fingerprint density at radius 2 is 1.50 bits per heavy atom. The molecule has 0 aliphatic heterocycles. The smallest absolute Gasteiger partial charge is 0.323 e. The molecule has 0 aromatic heterocycles. The zero-order chi connectivity index (χ0) is 15.5. The van der Waals surface area contributed by atoms with Crippen molar-refractivity contribution >= 4 is 11.9 Å². The number of esters is 2. The van der Waals surface area contributed by atoms with Crippen LogP contribution < -0.4 is 5.73 Å². The summed E-state index contributed by atoms with van der Waals surface area (Å²) in [5.41, 5.74) is 5.46. The second-order valence-electron chi connectivity index (χ2n) is 4.13. The van der Waals surface area contributed by atoms with Gasteiger partial charge in [-0.05, 0) is 6.42 Å². The van der Waals surface area contributed by atoms with Crippen LogP contribution in [-0.4, -0.2) is 77.0 Å². The first-order valence-corrected chi connectivity index (χ1v) is 6.06. The number of aliphatic hydroxyl groups is 4. The van der Waals surface area contributed by atoms with Gasteiger partial charge in [-0.3, -0.25) is 9.59 Å². The minimum Gasteiger partial charge on any atom is -0.463 e. The van der Waals surface area contributed by atoms with E-state index in [0.717, 1.165) is 0 Å². The van der Waals surface area contributed by atoms with Gasteiger partial charge in [0.2, 0.25) is 0 Å². The van der Waals surface area contributed by atoms with Crippen LogP contribution in [0.5, 0.6) is 0 Å². The van der Waals surface area contributed by atoms with Crippen LogP contribution >= 0.6 is 0 Å². The Bertz CT molecular complexity index is 298.